The van der Waals surface area contributed by atoms with Gasteiger partial charge in [-0.1, -0.05) is 13.0 Å². The van der Waals surface area contributed by atoms with Crippen molar-refractivity contribution in [1.82, 2.24) is 29.4 Å². The van der Waals surface area contributed by atoms with Crippen LogP contribution >= 0.6 is 0 Å². The third kappa shape index (κ3) is 5.87. The Bertz CT molecular complexity index is 1690. The first-order valence-electron chi connectivity index (χ1n) is 14.5. The fraction of sp³-hybridized carbons (Fsp3) is 0.467. The molecule has 4 aromatic rings. The Hall–Kier alpha value is -3.51. The predicted molar refractivity (Wildman–Crippen MR) is 158 cm³/mol. The first-order valence-corrected chi connectivity index (χ1v) is 16.3. The molecule has 4 heterocycles. The van der Waals surface area contributed by atoms with Gasteiger partial charge < -0.3 is 14.4 Å². The van der Waals surface area contributed by atoms with Gasteiger partial charge in [-0.3, -0.25) is 0 Å². The number of anilines is 1. The standard InChI is InChI=1S/C30H35F2N7O2S/c1-3-12-42(40,41)18-21-6-7-25(31)29(27(21)32)39-17-24(22-13-33-19-34-14-22)28-26(39)15-35-30(36-28)37(2)23-8-10-38(11-9-23)16-20-4-5-20/h6-7,13-15,17,19-20,23H,3-5,8-12,16,18H2,1-2H3. The molecule has 0 atom stereocenters. The second-order valence-corrected chi connectivity index (χ2v) is 13.7. The number of benzene rings is 1. The molecular formula is C30H35F2N7O2S. The lowest BCUT2D eigenvalue weighted by Crippen LogP contribution is -2.44. The van der Waals surface area contributed by atoms with Gasteiger partial charge in [0, 0.05) is 68.0 Å². The van der Waals surface area contributed by atoms with Crippen molar-refractivity contribution in [2.24, 2.45) is 5.92 Å². The maximum absolute atomic E-state index is 15.9. The molecule has 0 amide bonds. The molecule has 0 N–H and O–H groups in total. The minimum absolute atomic E-state index is 0.0760. The van der Waals surface area contributed by atoms with Crippen molar-refractivity contribution in [2.45, 2.75) is 50.8 Å². The van der Waals surface area contributed by atoms with Crippen LogP contribution in [0.25, 0.3) is 27.8 Å². The average molecular weight is 596 g/mol. The van der Waals surface area contributed by atoms with Crippen molar-refractivity contribution in [1.29, 1.82) is 0 Å². The summed E-state index contributed by atoms with van der Waals surface area (Å²) >= 11 is 0. The summed E-state index contributed by atoms with van der Waals surface area (Å²) in [4.78, 5) is 22.4. The summed E-state index contributed by atoms with van der Waals surface area (Å²) in [5.74, 6) is -0.945. The Morgan fingerprint density at radius 3 is 2.48 bits per heavy atom. The normalized spacial score (nSPS) is 16.8. The van der Waals surface area contributed by atoms with E-state index in [1.54, 1.807) is 31.7 Å². The number of piperidine rings is 1. The van der Waals surface area contributed by atoms with Crippen molar-refractivity contribution in [3.8, 4) is 16.8 Å². The molecule has 0 unspecified atom stereocenters. The van der Waals surface area contributed by atoms with Gasteiger partial charge in [0.2, 0.25) is 5.95 Å². The van der Waals surface area contributed by atoms with Gasteiger partial charge in [-0.05, 0) is 44.1 Å². The molecule has 1 saturated carbocycles. The number of sulfone groups is 1. The van der Waals surface area contributed by atoms with E-state index < -0.39 is 27.2 Å². The summed E-state index contributed by atoms with van der Waals surface area (Å²) < 4.78 is 57.5. The molecule has 1 aromatic carbocycles. The molecule has 3 aromatic heterocycles. The molecule has 42 heavy (non-hydrogen) atoms. The van der Waals surface area contributed by atoms with E-state index in [2.05, 4.69) is 24.8 Å². The Morgan fingerprint density at radius 2 is 1.79 bits per heavy atom. The molecule has 12 heteroatoms. The number of rotatable bonds is 10. The predicted octanol–water partition coefficient (Wildman–Crippen LogP) is 4.79. The first kappa shape index (κ1) is 28.6. The minimum Gasteiger partial charge on any atom is -0.341 e. The van der Waals surface area contributed by atoms with Gasteiger partial charge in [-0.2, -0.15) is 0 Å². The summed E-state index contributed by atoms with van der Waals surface area (Å²) in [6.07, 6.45) is 12.9. The molecule has 9 nitrogen and oxygen atoms in total. The average Bonchev–Trinajstić information content (AvgIpc) is 3.73. The zero-order valence-electron chi connectivity index (χ0n) is 23.9. The van der Waals surface area contributed by atoms with Gasteiger partial charge >= 0.3 is 0 Å². The van der Waals surface area contributed by atoms with E-state index >= 15 is 8.78 Å². The van der Waals surface area contributed by atoms with Crippen molar-refractivity contribution in [3.63, 3.8) is 0 Å². The van der Waals surface area contributed by atoms with Crippen LogP contribution in [0.15, 0.2) is 43.2 Å². The molecule has 0 spiro atoms. The molecule has 2 aliphatic rings. The number of hydrogen-bond donors (Lipinski definition) is 0. The number of nitrogens with zero attached hydrogens (tertiary/aromatic N) is 7. The van der Waals surface area contributed by atoms with Crippen molar-refractivity contribution >= 4 is 26.8 Å². The monoisotopic (exact) mass is 595 g/mol. The van der Waals surface area contributed by atoms with Gasteiger partial charge in [-0.15, -0.1) is 0 Å². The second-order valence-electron chi connectivity index (χ2n) is 11.5. The summed E-state index contributed by atoms with van der Waals surface area (Å²) in [5, 5.41) is 0. The van der Waals surface area contributed by atoms with Crippen molar-refractivity contribution in [2.75, 3.05) is 37.3 Å². The molecule has 1 saturated heterocycles. The number of halogens is 2. The Balaban J connectivity index is 1.39. The van der Waals surface area contributed by atoms with E-state index in [1.165, 1.54) is 36.3 Å². The fourth-order valence-corrected chi connectivity index (χ4v) is 7.32. The smallest absolute Gasteiger partial charge is 0.225 e. The van der Waals surface area contributed by atoms with E-state index in [0.717, 1.165) is 37.9 Å². The number of fused-ring (bicyclic) bond motifs is 1. The largest absolute Gasteiger partial charge is 0.341 e. The molecular weight excluding hydrogens is 560 g/mol. The Morgan fingerprint density at radius 1 is 1.05 bits per heavy atom. The minimum atomic E-state index is -3.55. The van der Waals surface area contributed by atoms with Gasteiger partial charge in [-0.25, -0.2) is 37.1 Å². The van der Waals surface area contributed by atoms with Gasteiger partial charge in [0.05, 0.1) is 23.2 Å². The topological polar surface area (TPSA) is 97.1 Å². The maximum atomic E-state index is 15.9. The van der Waals surface area contributed by atoms with E-state index in [-0.39, 0.29) is 23.0 Å². The van der Waals surface area contributed by atoms with Gasteiger partial charge in [0.15, 0.2) is 15.7 Å². The molecule has 0 bridgehead atoms. The quantitative estimate of drug-likeness (QED) is 0.258. The molecule has 222 valence electrons. The highest BCUT2D eigenvalue weighted by Gasteiger charge is 2.30. The van der Waals surface area contributed by atoms with Crippen molar-refractivity contribution < 1.29 is 17.2 Å². The van der Waals surface area contributed by atoms with Gasteiger partial charge in [0.25, 0.3) is 0 Å². The van der Waals surface area contributed by atoms with E-state index in [1.807, 2.05) is 7.05 Å². The maximum Gasteiger partial charge on any atom is 0.225 e. The number of aromatic nitrogens is 5. The highest BCUT2D eigenvalue weighted by Crippen LogP contribution is 2.35. The summed E-state index contributed by atoms with van der Waals surface area (Å²) in [6, 6.07) is 2.57. The number of hydrogen-bond acceptors (Lipinski definition) is 8. The van der Waals surface area contributed by atoms with E-state index in [4.69, 9.17) is 4.98 Å². The Kier molecular flexibility index (Phi) is 7.93. The lowest BCUT2D eigenvalue weighted by atomic mass is 10.0. The van der Waals surface area contributed by atoms with Crippen LogP contribution in [0, 0.1) is 17.6 Å². The first-order chi connectivity index (χ1) is 20.2. The van der Waals surface area contributed by atoms with Crippen molar-refractivity contribution in [3.05, 3.63) is 60.4 Å². The van der Waals surface area contributed by atoms with E-state index in [9.17, 15) is 8.42 Å². The third-order valence-electron chi connectivity index (χ3n) is 8.31. The van der Waals surface area contributed by atoms with Crippen LogP contribution < -0.4 is 4.90 Å². The van der Waals surface area contributed by atoms with Gasteiger partial charge in [0.1, 0.15) is 23.3 Å². The van der Waals surface area contributed by atoms with Crippen LogP contribution in [-0.4, -0.2) is 76.3 Å². The van der Waals surface area contributed by atoms with Crippen LogP contribution in [0.2, 0.25) is 0 Å². The third-order valence-corrected chi connectivity index (χ3v) is 10.1. The highest BCUT2D eigenvalue weighted by molar-refractivity contribution is 7.90. The second kappa shape index (κ2) is 11.6. The summed E-state index contributed by atoms with van der Waals surface area (Å²) in [7, 11) is -1.56. The Labute approximate surface area is 244 Å². The van der Waals surface area contributed by atoms with Crippen LogP contribution in [0.4, 0.5) is 14.7 Å². The van der Waals surface area contributed by atoms with Crippen LogP contribution in [0.1, 0.15) is 44.6 Å². The summed E-state index contributed by atoms with van der Waals surface area (Å²) in [6.45, 7) is 5.02. The molecule has 2 fully saturated rings. The zero-order chi connectivity index (χ0) is 29.4. The van der Waals surface area contributed by atoms with Crippen LogP contribution in [-0.2, 0) is 15.6 Å². The number of likely N-dealkylation sites (tertiary alicyclic amines) is 1. The fourth-order valence-electron chi connectivity index (χ4n) is 5.86. The molecule has 6 rings (SSSR count). The summed E-state index contributed by atoms with van der Waals surface area (Å²) in [5.41, 5.74) is 1.64. The van der Waals surface area contributed by atoms with Crippen LogP contribution in [0.5, 0.6) is 0 Å². The SMILES string of the molecule is CCCS(=O)(=O)Cc1ccc(F)c(-n2cc(-c3cncnc3)c3nc(N(C)C4CCN(CC5CC5)CC4)ncc32)c1F. The molecule has 1 aliphatic heterocycles. The zero-order valence-corrected chi connectivity index (χ0v) is 24.7. The van der Waals surface area contributed by atoms with E-state index in [0.29, 0.717) is 34.5 Å². The lowest BCUT2D eigenvalue weighted by Gasteiger charge is -2.36. The molecule has 0 radical (unpaired) electrons. The van der Waals surface area contributed by atoms with Crippen LogP contribution in [0.3, 0.4) is 0 Å². The molecule has 1 aliphatic carbocycles. The lowest BCUT2D eigenvalue weighted by molar-refractivity contribution is 0.203. The highest BCUT2D eigenvalue weighted by atomic mass is 32.2.